The molecular weight excluding hydrogens is 340 g/mol. The average molecular weight is 358 g/mol. The van der Waals surface area contributed by atoms with Crippen LogP contribution in [0.2, 0.25) is 5.02 Å². The maximum Gasteiger partial charge on any atom is 0.0738 e. The van der Waals surface area contributed by atoms with Crippen LogP contribution in [0.1, 0.15) is 29.8 Å². The van der Waals surface area contributed by atoms with Crippen molar-refractivity contribution in [3.05, 3.63) is 50.7 Å². The second-order valence-electron chi connectivity index (χ2n) is 4.77. The molecule has 0 aliphatic rings. The average Bonchev–Trinajstić information content (AvgIpc) is 2.73. The van der Waals surface area contributed by atoms with Crippen molar-refractivity contribution >= 4 is 27.5 Å². The summed E-state index contributed by atoms with van der Waals surface area (Å²) in [5.74, 6) is -0.0265. The van der Waals surface area contributed by atoms with Gasteiger partial charge in [-0.2, -0.15) is 5.10 Å². The molecular formula is C15H18BrClN2O. The van der Waals surface area contributed by atoms with E-state index >= 15 is 0 Å². The predicted molar refractivity (Wildman–Crippen MR) is 85.3 cm³/mol. The van der Waals surface area contributed by atoms with Crippen LogP contribution in [0, 0.1) is 6.92 Å². The van der Waals surface area contributed by atoms with Crippen LogP contribution in [0.15, 0.2) is 28.7 Å². The van der Waals surface area contributed by atoms with Gasteiger partial charge in [-0.3, -0.25) is 4.68 Å². The largest absolute Gasteiger partial charge is 0.396 e. The highest BCUT2D eigenvalue weighted by Crippen LogP contribution is 2.30. The molecule has 1 unspecified atom stereocenters. The molecule has 1 atom stereocenters. The molecule has 1 aromatic carbocycles. The lowest BCUT2D eigenvalue weighted by molar-refractivity contribution is 0.262. The van der Waals surface area contributed by atoms with E-state index in [1.807, 2.05) is 35.9 Å². The summed E-state index contributed by atoms with van der Waals surface area (Å²) in [5.41, 5.74) is 3.05. The van der Waals surface area contributed by atoms with Crippen molar-refractivity contribution in [1.82, 2.24) is 9.78 Å². The van der Waals surface area contributed by atoms with Gasteiger partial charge in [-0.05, 0) is 47.8 Å². The molecule has 2 rings (SSSR count). The van der Waals surface area contributed by atoms with Crippen molar-refractivity contribution in [3.63, 3.8) is 0 Å². The van der Waals surface area contributed by atoms with E-state index in [0.29, 0.717) is 11.4 Å². The minimum atomic E-state index is -0.0265. The van der Waals surface area contributed by atoms with E-state index in [4.69, 9.17) is 11.6 Å². The Labute approximate surface area is 132 Å². The van der Waals surface area contributed by atoms with Gasteiger partial charge in [0.2, 0.25) is 0 Å². The van der Waals surface area contributed by atoms with E-state index in [1.54, 1.807) is 0 Å². The molecule has 0 saturated carbocycles. The quantitative estimate of drug-likeness (QED) is 0.880. The Kier molecular flexibility index (Phi) is 5.24. The molecule has 0 bridgehead atoms. The van der Waals surface area contributed by atoms with Crippen molar-refractivity contribution in [3.8, 4) is 0 Å². The van der Waals surface area contributed by atoms with E-state index in [0.717, 1.165) is 28.0 Å². The van der Waals surface area contributed by atoms with Gasteiger partial charge in [0, 0.05) is 17.5 Å². The maximum atomic E-state index is 9.72. The summed E-state index contributed by atoms with van der Waals surface area (Å²) in [5, 5.41) is 14.9. The zero-order chi connectivity index (χ0) is 14.7. The second-order valence-corrected chi connectivity index (χ2v) is 5.97. The van der Waals surface area contributed by atoms with Gasteiger partial charge in [0.15, 0.2) is 0 Å². The predicted octanol–water partition coefficient (Wildman–Crippen LogP) is 3.95. The van der Waals surface area contributed by atoms with Gasteiger partial charge in [0.05, 0.1) is 22.5 Å². The van der Waals surface area contributed by atoms with E-state index < -0.39 is 0 Å². The number of hydrogen-bond donors (Lipinski definition) is 1. The number of aliphatic hydroxyl groups excluding tert-OH is 1. The smallest absolute Gasteiger partial charge is 0.0738 e. The first kappa shape index (κ1) is 15.5. The van der Waals surface area contributed by atoms with E-state index in [-0.39, 0.29) is 12.5 Å². The summed E-state index contributed by atoms with van der Waals surface area (Å²) in [6.45, 7) is 4.90. The first-order valence-electron chi connectivity index (χ1n) is 6.65. The lowest BCUT2D eigenvalue weighted by Gasteiger charge is -2.17. The number of halogens is 2. The molecule has 5 heteroatoms. The van der Waals surface area contributed by atoms with Crippen LogP contribution in [0.25, 0.3) is 0 Å². The van der Waals surface area contributed by atoms with Crippen LogP contribution in [-0.2, 0) is 13.0 Å². The topological polar surface area (TPSA) is 38.0 Å². The summed E-state index contributed by atoms with van der Waals surface area (Å²) in [7, 11) is 0. The Hall–Kier alpha value is -0.840. The van der Waals surface area contributed by atoms with E-state index in [9.17, 15) is 5.11 Å². The fourth-order valence-corrected chi connectivity index (χ4v) is 3.11. The number of rotatable bonds is 5. The van der Waals surface area contributed by atoms with Crippen LogP contribution < -0.4 is 0 Å². The van der Waals surface area contributed by atoms with E-state index in [2.05, 4.69) is 28.0 Å². The van der Waals surface area contributed by atoms with Gasteiger partial charge >= 0.3 is 0 Å². The molecule has 0 saturated heterocycles. The van der Waals surface area contributed by atoms with Crippen LogP contribution in [-0.4, -0.2) is 21.5 Å². The molecule has 3 nitrogen and oxygen atoms in total. The van der Waals surface area contributed by atoms with Crippen molar-refractivity contribution in [2.75, 3.05) is 6.61 Å². The third-order valence-corrected chi connectivity index (χ3v) is 4.83. The highest BCUT2D eigenvalue weighted by atomic mass is 79.9. The van der Waals surface area contributed by atoms with Gasteiger partial charge in [-0.25, -0.2) is 0 Å². The molecule has 0 fully saturated rings. The molecule has 0 spiro atoms. The summed E-state index contributed by atoms with van der Waals surface area (Å²) in [4.78, 5) is 0. The molecule has 20 heavy (non-hydrogen) atoms. The monoisotopic (exact) mass is 356 g/mol. The van der Waals surface area contributed by atoms with Crippen LogP contribution in [0.4, 0.5) is 0 Å². The molecule has 1 aromatic heterocycles. The van der Waals surface area contributed by atoms with Crippen molar-refractivity contribution < 1.29 is 5.11 Å². The van der Waals surface area contributed by atoms with Crippen LogP contribution >= 0.6 is 27.5 Å². The fourth-order valence-electron chi connectivity index (χ4n) is 2.38. The number of aliphatic hydroxyl groups is 1. The Morgan fingerprint density at radius 3 is 2.70 bits per heavy atom. The van der Waals surface area contributed by atoms with Crippen LogP contribution in [0.5, 0.6) is 0 Å². The Bertz CT molecular complexity index is 598. The minimum absolute atomic E-state index is 0.0265. The molecule has 1 heterocycles. The molecule has 108 valence electrons. The first-order chi connectivity index (χ1) is 9.58. The first-order valence-corrected chi connectivity index (χ1v) is 7.82. The zero-order valence-electron chi connectivity index (χ0n) is 11.6. The van der Waals surface area contributed by atoms with Crippen molar-refractivity contribution in [2.24, 2.45) is 0 Å². The highest BCUT2D eigenvalue weighted by Gasteiger charge is 2.20. The SMILES string of the molecule is CCn1nc(C)c(Br)c1CC(CO)c1ccccc1Cl. The van der Waals surface area contributed by atoms with Gasteiger partial charge in [0.25, 0.3) is 0 Å². The van der Waals surface area contributed by atoms with Crippen molar-refractivity contribution in [1.29, 1.82) is 0 Å². The fraction of sp³-hybridized carbons (Fsp3) is 0.400. The second kappa shape index (κ2) is 6.74. The summed E-state index contributed by atoms with van der Waals surface area (Å²) >= 11 is 9.83. The zero-order valence-corrected chi connectivity index (χ0v) is 13.9. The van der Waals surface area contributed by atoms with E-state index in [1.165, 1.54) is 0 Å². The number of nitrogens with zero attached hydrogens (tertiary/aromatic N) is 2. The van der Waals surface area contributed by atoms with Gasteiger partial charge in [-0.1, -0.05) is 29.8 Å². The molecule has 0 amide bonds. The highest BCUT2D eigenvalue weighted by molar-refractivity contribution is 9.10. The number of hydrogen-bond acceptors (Lipinski definition) is 2. The maximum absolute atomic E-state index is 9.72. The van der Waals surface area contributed by atoms with Gasteiger partial charge in [0.1, 0.15) is 0 Å². The lowest BCUT2D eigenvalue weighted by atomic mass is 9.95. The molecule has 2 aromatic rings. The molecule has 0 radical (unpaired) electrons. The summed E-state index contributed by atoms with van der Waals surface area (Å²) < 4.78 is 2.99. The summed E-state index contributed by atoms with van der Waals surface area (Å²) in [6, 6.07) is 7.67. The third-order valence-electron chi connectivity index (χ3n) is 3.46. The van der Waals surface area contributed by atoms with Gasteiger partial charge in [-0.15, -0.1) is 0 Å². The minimum Gasteiger partial charge on any atom is -0.396 e. The Morgan fingerprint density at radius 1 is 1.40 bits per heavy atom. The standard InChI is InChI=1S/C15H18BrClN2O/c1-3-19-14(15(16)10(2)18-19)8-11(9-20)12-6-4-5-7-13(12)17/h4-7,11,20H,3,8-9H2,1-2H3. The number of aryl methyl sites for hydroxylation is 2. The number of aromatic nitrogens is 2. The normalized spacial score (nSPS) is 12.7. The molecule has 0 aliphatic heterocycles. The number of benzene rings is 1. The third kappa shape index (κ3) is 3.08. The van der Waals surface area contributed by atoms with Crippen LogP contribution in [0.3, 0.4) is 0 Å². The molecule has 0 aliphatic carbocycles. The lowest BCUT2D eigenvalue weighted by Crippen LogP contribution is -2.12. The van der Waals surface area contributed by atoms with Crippen molar-refractivity contribution in [2.45, 2.75) is 32.7 Å². The Morgan fingerprint density at radius 2 is 2.10 bits per heavy atom. The van der Waals surface area contributed by atoms with Gasteiger partial charge < -0.3 is 5.11 Å². The molecule has 1 N–H and O–H groups in total. The summed E-state index contributed by atoms with van der Waals surface area (Å²) in [6.07, 6.45) is 0.704. The Balaban J connectivity index is 2.34.